The summed E-state index contributed by atoms with van der Waals surface area (Å²) in [5.74, 6) is 1.41. The second kappa shape index (κ2) is 8.91. The Kier molecular flexibility index (Phi) is 7.01. The SMILES string of the molecule is C=C1CCCC/C1=C/C=C1\CCC[C@]2(S)C(CCCCC(C)(C)O)CCC12. The van der Waals surface area contributed by atoms with Gasteiger partial charge in [-0.25, -0.2) is 0 Å². The topological polar surface area (TPSA) is 20.2 Å². The van der Waals surface area contributed by atoms with Gasteiger partial charge in [-0.05, 0) is 102 Å². The predicted octanol–water partition coefficient (Wildman–Crippen LogP) is 7.18. The molecule has 3 aliphatic carbocycles. The molecule has 3 atom stereocenters. The maximum Gasteiger partial charge on any atom is 0.0591 e. The Morgan fingerprint density at radius 2 is 1.89 bits per heavy atom. The zero-order valence-corrected chi connectivity index (χ0v) is 18.5. The fourth-order valence-corrected chi connectivity index (χ4v) is 6.44. The molecule has 152 valence electrons. The smallest absolute Gasteiger partial charge is 0.0591 e. The monoisotopic (exact) mass is 388 g/mol. The maximum atomic E-state index is 9.93. The van der Waals surface area contributed by atoms with Gasteiger partial charge in [-0.15, -0.1) is 0 Å². The van der Waals surface area contributed by atoms with E-state index in [9.17, 15) is 5.11 Å². The third-order valence-electron chi connectivity index (χ3n) is 7.32. The number of rotatable bonds is 6. The van der Waals surface area contributed by atoms with Crippen molar-refractivity contribution in [1.29, 1.82) is 0 Å². The molecule has 1 nitrogen and oxygen atoms in total. The molecule has 0 amide bonds. The lowest BCUT2D eigenvalue weighted by Gasteiger charge is -2.41. The number of allylic oxidation sites excluding steroid dienone is 5. The van der Waals surface area contributed by atoms with Gasteiger partial charge in [-0.3, -0.25) is 0 Å². The summed E-state index contributed by atoms with van der Waals surface area (Å²) < 4.78 is 0.209. The Balaban J connectivity index is 1.62. The van der Waals surface area contributed by atoms with Crippen molar-refractivity contribution >= 4 is 12.6 Å². The van der Waals surface area contributed by atoms with Gasteiger partial charge in [0.1, 0.15) is 0 Å². The quantitative estimate of drug-likeness (QED) is 0.365. The van der Waals surface area contributed by atoms with Crippen LogP contribution in [0.3, 0.4) is 0 Å². The van der Waals surface area contributed by atoms with Gasteiger partial charge in [0.15, 0.2) is 0 Å². The molecule has 0 saturated heterocycles. The van der Waals surface area contributed by atoms with Crippen molar-refractivity contribution in [3.8, 4) is 0 Å². The van der Waals surface area contributed by atoms with Crippen LogP contribution in [0.1, 0.15) is 97.3 Å². The molecule has 3 saturated carbocycles. The molecule has 0 radical (unpaired) electrons. The highest BCUT2D eigenvalue weighted by atomic mass is 32.1. The van der Waals surface area contributed by atoms with Crippen LogP contribution in [0.25, 0.3) is 0 Å². The first-order valence-electron chi connectivity index (χ1n) is 11.3. The van der Waals surface area contributed by atoms with Crippen molar-refractivity contribution in [2.75, 3.05) is 0 Å². The Morgan fingerprint density at radius 3 is 2.63 bits per heavy atom. The van der Waals surface area contributed by atoms with Gasteiger partial charge in [0.2, 0.25) is 0 Å². The van der Waals surface area contributed by atoms with Gasteiger partial charge < -0.3 is 5.11 Å². The fraction of sp³-hybridized carbons (Fsp3) is 0.760. The molecule has 3 rings (SSSR count). The first kappa shape index (κ1) is 21.2. The van der Waals surface area contributed by atoms with Crippen LogP contribution in [0.15, 0.2) is 35.5 Å². The minimum Gasteiger partial charge on any atom is -0.390 e. The van der Waals surface area contributed by atoms with Gasteiger partial charge in [-0.2, -0.15) is 12.6 Å². The highest BCUT2D eigenvalue weighted by molar-refractivity contribution is 7.81. The summed E-state index contributed by atoms with van der Waals surface area (Å²) in [5.41, 5.74) is 3.99. The maximum absolute atomic E-state index is 9.93. The summed E-state index contributed by atoms with van der Waals surface area (Å²) in [7, 11) is 0. The molecule has 2 unspecified atom stereocenters. The zero-order chi connectivity index (χ0) is 19.5. The van der Waals surface area contributed by atoms with Gasteiger partial charge in [-0.1, -0.05) is 42.7 Å². The van der Waals surface area contributed by atoms with E-state index in [1.807, 2.05) is 13.8 Å². The molecular formula is C25H40OS. The summed E-state index contributed by atoms with van der Waals surface area (Å²) in [5, 5.41) is 9.93. The summed E-state index contributed by atoms with van der Waals surface area (Å²) in [4.78, 5) is 0. The van der Waals surface area contributed by atoms with E-state index in [0.717, 1.165) is 18.8 Å². The Morgan fingerprint density at radius 1 is 1.11 bits per heavy atom. The number of hydrogen-bond donors (Lipinski definition) is 2. The first-order valence-corrected chi connectivity index (χ1v) is 11.8. The number of unbranched alkanes of at least 4 members (excludes halogenated alkanes) is 1. The fourth-order valence-electron chi connectivity index (χ4n) is 5.73. The van der Waals surface area contributed by atoms with Crippen molar-refractivity contribution in [3.63, 3.8) is 0 Å². The highest BCUT2D eigenvalue weighted by Gasteiger charge is 2.49. The molecular weight excluding hydrogens is 348 g/mol. The second-order valence-electron chi connectivity index (χ2n) is 9.97. The molecule has 3 fully saturated rings. The standard InChI is InChI=1S/C25H40OS/c1-19-9-4-5-10-20(19)13-14-21-11-8-18-25(27)22(15-16-23(21)25)12-6-7-17-24(2,3)26/h13-14,22-23,26-27H,1,4-12,15-18H2,2-3H3/b20-13-,21-14+/t22?,23?,25-/m0/s1. The Bertz CT molecular complexity index is 594. The van der Waals surface area contributed by atoms with Gasteiger partial charge in [0.25, 0.3) is 0 Å². The van der Waals surface area contributed by atoms with E-state index in [-0.39, 0.29) is 4.75 Å². The lowest BCUT2D eigenvalue weighted by Crippen LogP contribution is -2.37. The van der Waals surface area contributed by atoms with Crippen LogP contribution < -0.4 is 0 Å². The Hall–Kier alpha value is -0.470. The molecule has 0 bridgehead atoms. The molecule has 1 N–H and O–H groups in total. The van der Waals surface area contributed by atoms with Crippen molar-refractivity contribution in [3.05, 3.63) is 35.5 Å². The van der Waals surface area contributed by atoms with Crippen LogP contribution in [0, 0.1) is 11.8 Å². The minimum absolute atomic E-state index is 0.209. The van der Waals surface area contributed by atoms with Crippen LogP contribution in [0.4, 0.5) is 0 Å². The van der Waals surface area contributed by atoms with Crippen molar-refractivity contribution in [2.45, 2.75) is 108 Å². The Labute approximate surface area is 172 Å². The van der Waals surface area contributed by atoms with E-state index in [1.54, 1.807) is 5.57 Å². The molecule has 0 aliphatic heterocycles. The molecule has 0 spiro atoms. The van der Waals surface area contributed by atoms with E-state index < -0.39 is 5.60 Å². The molecule has 2 heteroatoms. The predicted molar refractivity (Wildman–Crippen MR) is 120 cm³/mol. The van der Waals surface area contributed by atoms with Crippen LogP contribution >= 0.6 is 12.6 Å². The summed E-state index contributed by atoms with van der Waals surface area (Å²) in [6.45, 7) is 8.13. The van der Waals surface area contributed by atoms with E-state index in [1.165, 1.54) is 81.8 Å². The molecule has 0 aromatic carbocycles. The zero-order valence-electron chi connectivity index (χ0n) is 17.6. The summed E-state index contributed by atoms with van der Waals surface area (Å²) >= 11 is 5.33. The van der Waals surface area contributed by atoms with Crippen LogP contribution in [0.5, 0.6) is 0 Å². The average molecular weight is 389 g/mol. The molecule has 0 heterocycles. The first-order chi connectivity index (χ1) is 12.8. The van der Waals surface area contributed by atoms with E-state index in [0.29, 0.717) is 5.92 Å². The van der Waals surface area contributed by atoms with Crippen molar-refractivity contribution in [1.82, 2.24) is 0 Å². The van der Waals surface area contributed by atoms with Gasteiger partial charge in [0.05, 0.1) is 5.60 Å². The van der Waals surface area contributed by atoms with Crippen LogP contribution in [-0.2, 0) is 0 Å². The number of thiol groups is 1. The van der Waals surface area contributed by atoms with E-state index in [4.69, 9.17) is 12.6 Å². The van der Waals surface area contributed by atoms with Crippen LogP contribution in [0.2, 0.25) is 0 Å². The molecule has 0 aromatic rings. The number of hydrogen-bond acceptors (Lipinski definition) is 2. The summed E-state index contributed by atoms with van der Waals surface area (Å²) in [6.07, 6.45) is 20.9. The lowest BCUT2D eigenvalue weighted by molar-refractivity contribution is 0.0675. The van der Waals surface area contributed by atoms with Crippen molar-refractivity contribution < 1.29 is 5.11 Å². The molecule has 27 heavy (non-hydrogen) atoms. The normalized spacial score (nSPS) is 35.0. The number of fused-ring (bicyclic) bond motifs is 1. The molecule has 3 aliphatic rings. The largest absolute Gasteiger partial charge is 0.390 e. The van der Waals surface area contributed by atoms with Gasteiger partial charge >= 0.3 is 0 Å². The van der Waals surface area contributed by atoms with Crippen molar-refractivity contribution in [2.24, 2.45) is 11.8 Å². The molecule has 0 aromatic heterocycles. The average Bonchev–Trinajstić information content (AvgIpc) is 2.94. The summed E-state index contributed by atoms with van der Waals surface area (Å²) in [6, 6.07) is 0. The second-order valence-corrected chi connectivity index (χ2v) is 10.8. The highest BCUT2D eigenvalue weighted by Crippen LogP contribution is 2.56. The van der Waals surface area contributed by atoms with Gasteiger partial charge in [0, 0.05) is 4.75 Å². The van der Waals surface area contributed by atoms with E-state index in [2.05, 4.69) is 18.7 Å². The lowest BCUT2D eigenvalue weighted by atomic mass is 9.72. The third kappa shape index (κ3) is 5.32. The van der Waals surface area contributed by atoms with E-state index >= 15 is 0 Å². The van der Waals surface area contributed by atoms with Crippen LogP contribution in [-0.4, -0.2) is 15.5 Å². The number of aliphatic hydroxyl groups is 1. The third-order valence-corrected chi connectivity index (χ3v) is 8.22. The minimum atomic E-state index is -0.520.